The van der Waals surface area contributed by atoms with Crippen molar-refractivity contribution >= 4 is 5.82 Å². The van der Waals surface area contributed by atoms with Crippen molar-refractivity contribution in [2.45, 2.75) is 25.7 Å². The molecule has 1 aliphatic carbocycles. The van der Waals surface area contributed by atoms with E-state index in [-0.39, 0.29) is 0 Å². The summed E-state index contributed by atoms with van der Waals surface area (Å²) in [5.74, 6) is 1.53. The van der Waals surface area contributed by atoms with E-state index < -0.39 is 0 Å². The zero-order valence-corrected chi connectivity index (χ0v) is 7.03. The molecule has 0 amide bonds. The molecule has 0 aliphatic heterocycles. The maximum Gasteiger partial charge on any atom is 0.145 e. The van der Waals surface area contributed by atoms with E-state index in [1.165, 1.54) is 19.3 Å². The van der Waals surface area contributed by atoms with E-state index in [0.717, 1.165) is 18.0 Å². The largest absolute Gasteiger partial charge is 0.382 e. The van der Waals surface area contributed by atoms with Gasteiger partial charge in [0.05, 0.1) is 5.69 Å². The predicted octanol–water partition coefficient (Wildman–Crippen LogP) is 1.40. The van der Waals surface area contributed by atoms with Crippen molar-refractivity contribution in [2.24, 2.45) is 5.92 Å². The quantitative estimate of drug-likeness (QED) is 0.732. The summed E-state index contributed by atoms with van der Waals surface area (Å²) in [6, 6.07) is 0. The summed E-state index contributed by atoms with van der Waals surface area (Å²) in [5.41, 5.74) is 6.62. The minimum atomic E-state index is 0.596. The van der Waals surface area contributed by atoms with E-state index in [2.05, 4.69) is 9.97 Å². The van der Waals surface area contributed by atoms with Crippen LogP contribution < -0.4 is 5.73 Å². The number of nitrogens with two attached hydrogens (primary N) is 1. The van der Waals surface area contributed by atoms with E-state index in [9.17, 15) is 0 Å². The van der Waals surface area contributed by atoms with Crippen molar-refractivity contribution in [2.75, 3.05) is 5.73 Å². The minimum absolute atomic E-state index is 0.596. The highest BCUT2D eigenvalue weighted by Gasteiger charge is 2.21. The Morgan fingerprint density at radius 3 is 2.75 bits per heavy atom. The normalized spacial score (nSPS) is 16.3. The molecule has 1 aromatic rings. The van der Waals surface area contributed by atoms with Crippen molar-refractivity contribution < 1.29 is 0 Å². The molecular weight excluding hydrogens is 150 g/mol. The van der Waals surface area contributed by atoms with Gasteiger partial charge < -0.3 is 5.73 Å². The molecule has 0 radical (unpaired) electrons. The van der Waals surface area contributed by atoms with Crippen LogP contribution in [0.1, 0.15) is 25.0 Å². The number of anilines is 1. The van der Waals surface area contributed by atoms with Crippen LogP contribution in [0.3, 0.4) is 0 Å². The molecule has 0 aromatic carbocycles. The van der Waals surface area contributed by atoms with Crippen LogP contribution in [-0.2, 0) is 6.42 Å². The van der Waals surface area contributed by atoms with E-state index in [1.54, 1.807) is 12.4 Å². The lowest BCUT2D eigenvalue weighted by Crippen LogP contribution is -2.00. The zero-order valence-electron chi connectivity index (χ0n) is 7.03. The number of rotatable bonds is 3. The second-order valence-corrected chi connectivity index (χ2v) is 3.37. The van der Waals surface area contributed by atoms with Crippen molar-refractivity contribution in [3.05, 3.63) is 18.1 Å². The van der Waals surface area contributed by atoms with Gasteiger partial charge in [0.25, 0.3) is 0 Å². The number of hydrogen-bond acceptors (Lipinski definition) is 3. The van der Waals surface area contributed by atoms with Crippen LogP contribution >= 0.6 is 0 Å². The van der Waals surface area contributed by atoms with Gasteiger partial charge in [0, 0.05) is 12.4 Å². The summed E-state index contributed by atoms with van der Waals surface area (Å²) >= 11 is 0. The summed E-state index contributed by atoms with van der Waals surface area (Å²) in [4.78, 5) is 8.18. The van der Waals surface area contributed by atoms with Gasteiger partial charge in [-0.2, -0.15) is 0 Å². The van der Waals surface area contributed by atoms with Crippen LogP contribution in [0.25, 0.3) is 0 Å². The summed E-state index contributed by atoms with van der Waals surface area (Å²) in [6.45, 7) is 0. The second-order valence-electron chi connectivity index (χ2n) is 3.37. The van der Waals surface area contributed by atoms with E-state index >= 15 is 0 Å². The molecule has 0 bridgehead atoms. The Bertz CT molecular complexity index is 268. The first-order valence-corrected chi connectivity index (χ1v) is 4.41. The molecule has 0 unspecified atom stereocenters. The van der Waals surface area contributed by atoms with Crippen LogP contribution in [0.5, 0.6) is 0 Å². The van der Waals surface area contributed by atoms with E-state index in [1.807, 2.05) is 0 Å². The first-order chi connectivity index (χ1) is 5.86. The summed E-state index contributed by atoms with van der Waals surface area (Å²) in [7, 11) is 0. The first-order valence-electron chi connectivity index (χ1n) is 4.41. The Hall–Kier alpha value is -1.12. The third kappa shape index (κ3) is 1.72. The predicted molar refractivity (Wildman–Crippen MR) is 47.5 cm³/mol. The van der Waals surface area contributed by atoms with Gasteiger partial charge in [-0.15, -0.1) is 0 Å². The average molecular weight is 163 g/mol. The molecule has 1 heterocycles. The molecule has 0 spiro atoms. The zero-order chi connectivity index (χ0) is 8.39. The van der Waals surface area contributed by atoms with Crippen LogP contribution in [0.2, 0.25) is 0 Å². The summed E-state index contributed by atoms with van der Waals surface area (Å²) in [6.07, 6.45) is 8.34. The number of nitrogens with zero attached hydrogens (tertiary/aromatic N) is 2. The Balaban J connectivity index is 1.96. The molecule has 12 heavy (non-hydrogen) atoms. The number of hydrogen-bond donors (Lipinski definition) is 1. The average Bonchev–Trinajstić information content (AvgIpc) is 2.86. The van der Waals surface area contributed by atoms with Crippen molar-refractivity contribution in [3.8, 4) is 0 Å². The first kappa shape index (κ1) is 7.53. The molecule has 3 heteroatoms. The Morgan fingerprint density at radius 1 is 1.33 bits per heavy atom. The maximum atomic E-state index is 5.65. The summed E-state index contributed by atoms with van der Waals surface area (Å²) in [5, 5.41) is 0. The SMILES string of the molecule is Nc1nccnc1CCC1CC1. The Kier molecular flexibility index (Phi) is 1.94. The molecule has 2 rings (SSSR count). The smallest absolute Gasteiger partial charge is 0.145 e. The third-order valence-electron chi connectivity index (χ3n) is 2.29. The molecule has 1 aliphatic rings. The summed E-state index contributed by atoms with van der Waals surface area (Å²) < 4.78 is 0. The van der Waals surface area contributed by atoms with Crippen LogP contribution in [0, 0.1) is 5.92 Å². The van der Waals surface area contributed by atoms with Crippen molar-refractivity contribution in [3.63, 3.8) is 0 Å². The lowest BCUT2D eigenvalue weighted by Gasteiger charge is -2.00. The maximum absolute atomic E-state index is 5.65. The molecule has 0 saturated heterocycles. The molecule has 3 nitrogen and oxygen atoms in total. The molecule has 1 aromatic heterocycles. The molecular formula is C9H13N3. The van der Waals surface area contributed by atoms with Gasteiger partial charge in [0.1, 0.15) is 5.82 Å². The van der Waals surface area contributed by atoms with Crippen LogP contribution in [-0.4, -0.2) is 9.97 Å². The van der Waals surface area contributed by atoms with Gasteiger partial charge in [-0.25, -0.2) is 4.98 Å². The molecule has 64 valence electrons. The molecule has 0 atom stereocenters. The lowest BCUT2D eigenvalue weighted by atomic mass is 10.2. The van der Waals surface area contributed by atoms with Gasteiger partial charge in [-0.05, 0) is 18.8 Å². The molecule has 1 saturated carbocycles. The monoisotopic (exact) mass is 163 g/mol. The third-order valence-corrected chi connectivity index (χ3v) is 2.29. The fourth-order valence-electron chi connectivity index (χ4n) is 1.32. The Morgan fingerprint density at radius 2 is 2.08 bits per heavy atom. The van der Waals surface area contributed by atoms with E-state index in [4.69, 9.17) is 5.73 Å². The van der Waals surface area contributed by atoms with Gasteiger partial charge >= 0.3 is 0 Å². The minimum Gasteiger partial charge on any atom is -0.382 e. The van der Waals surface area contributed by atoms with Gasteiger partial charge in [0.2, 0.25) is 0 Å². The fourth-order valence-corrected chi connectivity index (χ4v) is 1.32. The van der Waals surface area contributed by atoms with Crippen LogP contribution in [0.15, 0.2) is 12.4 Å². The molecule has 2 N–H and O–H groups in total. The van der Waals surface area contributed by atoms with E-state index in [0.29, 0.717) is 5.82 Å². The number of aryl methyl sites for hydroxylation is 1. The van der Waals surface area contributed by atoms with Gasteiger partial charge in [-0.1, -0.05) is 12.8 Å². The number of aromatic nitrogens is 2. The second kappa shape index (κ2) is 3.09. The van der Waals surface area contributed by atoms with Gasteiger partial charge in [-0.3, -0.25) is 4.98 Å². The fraction of sp³-hybridized carbons (Fsp3) is 0.556. The van der Waals surface area contributed by atoms with Crippen LogP contribution in [0.4, 0.5) is 5.82 Å². The standard InChI is InChI=1S/C9H13N3/c10-9-8(11-5-6-12-9)4-3-7-1-2-7/h5-7H,1-4H2,(H2,10,12). The highest BCUT2D eigenvalue weighted by atomic mass is 14.9. The Labute approximate surface area is 72.0 Å². The highest BCUT2D eigenvalue weighted by molar-refractivity contribution is 5.32. The topological polar surface area (TPSA) is 51.8 Å². The van der Waals surface area contributed by atoms with Gasteiger partial charge in [0.15, 0.2) is 0 Å². The highest BCUT2D eigenvalue weighted by Crippen LogP contribution is 2.33. The number of nitrogen functional groups attached to an aromatic ring is 1. The van der Waals surface area contributed by atoms with Crippen molar-refractivity contribution in [1.82, 2.24) is 9.97 Å². The molecule has 1 fully saturated rings. The lowest BCUT2D eigenvalue weighted by molar-refractivity contribution is 0.713. The van der Waals surface area contributed by atoms with Crippen molar-refractivity contribution in [1.29, 1.82) is 0 Å².